The molecule has 1 aliphatic rings. The standard InChI is InChI=1S/C18H20N6OS/c1-13-16(26-22-21-13)18(25)24-9-2-3-15(12-24)17-20-8-10-23(17)11-14-4-6-19-7-5-14/h4-8,10,15H,2-3,9,11-12H2,1H3/t15-/m0/s1. The number of aryl methyl sites for hydroxylation is 1. The van der Waals surface area contributed by atoms with Crippen molar-refractivity contribution in [2.45, 2.75) is 32.2 Å². The van der Waals surface area contributed by atoms with Gasteiger partial charge in [-0.2, -0.15) is 0 Å². The summed E-state index contributed by atoms with van der Waals surface area (Å²) in [6.07, 6.45) is 9.47. The molecule has 0 aromatic carbocycles. The zero-order valence-electron chi connectivity index (χ0n) is 14.6. The van der Waals surface area contributed by atoms with Gasteiger partial charge in [-0.25, -0.2) is 4.98 Å². The molecular formula is C18H20N6OS. The molecule has 0 bridgehead atoms. The maximum absolute atomic E-state index is 12.8. The first-order valence-corrected chi connectivity index (χ1v) is 9.48. The highest BCUT2D eigenvalue weighted by molar-refractivity contribution is 7.07. The van der Waals surface area contributed by atoms with Gasteiger partial charge in [-0.05, 0) is 49.0 Å². The molecule has 4 heterocycles. The van der Waals surface area contributed by atoms with Gasteiger partial charge in [0, 0.05) is 50.3 Å². The summed E-state index contributed by atoms with van der Waals surface area (Å²) in [6.45, 7) is 4.06. The van der Waals surface area contributed by atoms with E-state index in [9.17, 15) is 4.79 Å². The quantitative estimate of drug-likeness (QED) is 0.707. The molecule has 3 aromatic heterocycles. The highest BCUT2D eigenvalue weighted by Gasteiger charge is 2.29. The van der Waals surface area contributed by atoms with E-state index in [0.717, 1.165) is 31.8 Å². The summed E-state index contributed by atoms with van der Waals surface area (Å²) < 4.78 is 6.06. The predicted molar refractivity (Wildman–Crippen MR) is 98.1 cm³/mol. The van der Waals surface area contributed by atoms with Crippen molar-refractivity contribution in [3.05, 3.63) is 58.9 Å². The molecule has 0 spiro atoms. The monoisotopic (exact) mass is 368 g/mol. The van der Waals surface area contributed by atoms with Crippen LogP contribution in [0.3, 0.4) is 0 Å². The van der Waals surface area contributed by atoms with Crippen LogP contribution in [-0.2, 0) is 6.54 Å². The molecule has 0 unspecified atom stereocenters. The fraction of sp³-hybridized carbons (Fsp3) is 0.389. The summed E-state index contributed by atoms with van der Waals surface area (Å²) in [6, 6.07) is 4.03. The summed E-state index contributed by atoms with van der Waals surface area (Å²) in [5.41, 5.74) is 1.90. The Labute approximate surface area is 155 Å². The Balaban J connectivity index is 1.51. The summed E-state index contributed by atoms with van der Waals surface area (Å²) in [5.74, 6) is 1.32. The number of nitrogens with zero attached hydrogens (tertiary/aromatic N) is 6. The molecule has 3 aromatic rings. The number of pyridine rings is 1. The third-order valence-electron chi connectivity index (χ3n) is 4.77. The van der Waals surface area contributed by atoms with E-state index in [1.807, 2.05) is 36.4 Å². The van der Waals surface area contributed by atoms with Gasteiger partial charge in [0.15, 0.2) is 0 Å². The number of aromatic nitrogens is 5. The van der Waals surface area contributed by atoms with Gasteiger partial charge in [-0.3, -0.25) is 9.78 Å². The first kappa shape index (κ1) is 16.8. The molecular weight excluding hydrogens is 348 g/mol. The van der Waals surface area contributed by atoms with E-state index in [1.165, 1.54) is 17.1 Å². The maximum atomic E-state index is 12.8. The number of imidazole rings is 1. The summed E-state index contributed by atoms with van der Waals surface area (Å²) in [4.78, 5) is 24.0. The van der Waals surface area contributed by atoms with Gasteiger partial charge in [0.1, 0.15) is 10.7 Å². The normalized spacial score (nSPS) is 17.4. The lowest BCUT2D eigenvalue weighted by Crippen LogP contribution is -2.39. The van der Waals surface area contributed by atoms with E-state index in [0.29, 0.717) is 17.1 Å². The molecule has 0 N–H and O–H groups in total. The highest BCUT2D eigenvalue weighted by atomic mass is 32.1. The number of hydrogen-bond acceptors (Lipinski definition) is 6. The smallest absolute Gasteiger partial charge is 0.267 e. The Kier molecular flexibility index (Phi) is 4.75. The second kappa shape index (κ2) is 7.33. The number of rotatable bonds is 4. The number of likely N-dealkylation sites (tertiary alicyclic amines) is 1. The number of carbonyl (C=O) groups excluding carboxylic acids is 1. The molecule has 0 saturated carbocycles. The molecule has 1 saturated heterocycles. The van der Waals surface area contributed by atoms with E-state index in [4.69, 9.17) is 0 Å². The molecule has 7 nitrogen and oxygen atoms in total. The number of carbonyl (C=O) groups is 1. The first-order chi connectivity index (χ1) is 12.7. The van der Waals surface area contributed by atoms with Crippen LogP contribution in [-0.4, -0.2) is 48.0 Å². The summed E-state index contributed by atoms with van der Waals surface area (Å²) >= 11 is 1.18. The molecule has 8 heteroatoms. The average Bonchev–Trinajstić information content (AvgIpc) is 3.31. The van der Waals surface area contributed by atoms with Crippen molar-refractivity contribution < 1.29 is 4.79 Å². The second-order valence-electron chi connectivity index (χ2n) is 6.55. The Morgan fingerprint density at radius 1 is 1.31 bits per heavy atom. The van der Waals surface area contributed by atoms with E-state index >= 15 is 0 Å². The SMILES string of the molecule is Cc1nnsc1C(=O)N1CCC[C@H](c2nccn2Cc2ccncc2)C1. The third-order valence-corrected chi connectivity index (χ3v) is 5.59. The molecule has 1 amide bonds. The molecule has 0 radical (unpaired) electrons. The van der Waals surface area contributed by atoms with Gasteiger partial charge in [0.05, 0.1) is 5.69 Å². The Morgan fingerprint density at radius 3 is 2.92 bits per heavy atom. The van der Waals surface area contributed by atoms with Crippen LogP contribution >= 0.6 is 11.5 Å². The van der Waals surface area contributed by atoms with E-state index in [2.05, 4.69) is 24.1 Å². The van der Waals surface area contributed by atoms with Crippen LogP contribution in [0, 0.1) is 6.92 Å². The van der Waals surface area contributed by atoms with Crippen LogP contribution < -0.4 is 0 Å². The minimum atomic E-state index is 0.0365. The third kappa shape index (κ3) is 3.37. The van der Waals surface area contributed by atoms with Gasteiger partial charge in [0.2, 0.25) is 0 Å². The van der Waals surface area contributed by atoms with E-state index < -0.39 is 0 Å². The van der Waals surface area contributed by atoms with Crippen molar-refractivity contribution in [1.82, 2.24) is 29.0 Å². The molecule has 0 aliphatic carbocycles. The minimum absolute atomic E-state index is 0.0365. The lowest BCUT2D eigenvalue weighted by atomic mass is 9.96. The van der Waals surface area contributed by atoms with Gasteiger partial charge in [-0.15, -0.1) is 5.10 Å². The van der Waals surface area contributed by atoms with Crippen molar-refractivity contribution >= 4 is 17.4 Å². The van der Waals surface area contributed by atoms with Crippen molar-refractivity contribution in [2.24, 2.45) is 0 Å². The predicted octanol–water partition coefficient (Wildman–Crippen LogP) is 2.51. The van der Waals surface area contributed by atoms with E-state index in [1.54, 1.807) is 12.4 Å². The Bertz CT molecular complexity index is 890. The zero-order valence-corrected chi connectivity index (χ0v) is 15.4. The van der Waals surface area contributed by atoms with Gasteiger partial charge in [-0.1, -0.05) is 4.49 Å². The van der Waals surface area contributed by atoms with Gasteiger partial charge < -0.3 is 9.47 Å². The van der Waals surface area contributed by atoms with Gasteiger partial charge in [0.25, 0.3) is 5.91 Å². The maximum Gasteiger partial charge on any atom is 0.267 e. The molecule has 1 fully saturated rings. The van der Waals surface area contributed by atoms with Crippen molar-refractivity contribution in [3.63, 3.8) is 0 Å². The molecule has 4 rings (SSSR count). The topological polar surface area (TPSA) is 76.8 Å². The van der Waals surface area contributed by atoms with Gasteiger partial charge >= 0.3 is 0 Å². The van der Waals surface area contributed by atoms with Crippen LogP contribution in [0.5, 0.6) is 0 Å². The summed E-state index contributed by atoms with van der Waals surface area (Å²) in [7, 11) is 0. The number of hydrogen-bond donors (Lipinski definition) is 0. The Hall–Kier alpha value is -2.61. The summed E-state index contributed by atoms with van der Waals surface area (Å²) in [5, 5.41) is 3.96. The fourth-order valence-electron chi connectivity index (χ4n) is 3.44. The highest BCUT2D eigenvalue weighted by Crippen LogP contribution is 2.28. The molecule has 1 atom stereocenters. The fourth-order valence-corrected chi connectivity index (χ4v) is 4.07. The molecule has 134 valence electrons. The van der Waals surface area contributed by atoms with Crippen LogP contribution in [0.1, 0.15) is 45.5 Å². The average molecular weight is 368 g/mol. The van der Waals surface area contributed by atoms with Crippen molar-refractivity contribution in [1.29, 1.82) is 0 Å². The van der Waals surface area contributed by atoms with Crippen LogP contribution in [0.15, 0.2) is 36.9 Å². The lowest BCUT2D eigenvalue weighted by Gasteiger charge is -2.32. The lowest BCUT2D eigenvalue weighted by molar-refractivity contribution is 0.0707. The second-order valence-corrected chi connectivity index (χ2v) is 7.30. The van der Waals surface area contributed by atoms with Crippen molar-refractivity contribution in [3.8, 4) is 0 Å². The minimum Gasteiger partial charge on any atom is -0.337 e. The number of amides is 1. The van der Waals surface area contributed by atoms with Crippen LogP contribution in [0.25, 0.3) is 0 Å². The zero-order chi connectivity index (χ0) is 17.9. The molecule has 26 heavy (non-hydrogen) atoms. The Morgan fingerprint density at radius 2 is 2.15 bits per heavy atom. The first-order valence-electron chi connectivity index (χ1n) is 8.70. The van der Waals surface area contributed by atoms with Crippen LogP contribution in [0.4, 0.5) is 0 Å². The van der Waals surface area contributed by atoms with E-state index in [-0.39, 0.29) is 11.8 Å². The van der Waals surface area contributed by atoms with Crippen LogP contribution in [0.2, 0.25) is 0 Å². The van der Waals surface area contributed by atoms with Crippen molar-refractivity contribution in [2.75, 3.05) is 13.1 Å². The number of piperidine rings is 1. The molecule has 1 aliphatic heterocycles. The largest absolute Gasteiger partial charge is 0.337 e.